The second-order valence-electron chi connectivity index (χ2n) is 5.46. The van der Waals surface area contributed by atoms with Crippen LogP contribution < -0.4 is 16.4 Å². The summed E-state index contributed by atoms with van der Waals surface area (Å²) < 4.78 is 0. The highest BCUT2D eigenvalue weighted by Gasteiger charge is 2.03. The van der Waals surface area contributed by atoms with Crippen LogP contribution in [0.5, 0.6) is 0 Å². The van der Waals surface area contributed by atoms with Gasteiger partial charge in [-0.2, -0.15) is 0 Å². The Morgan fingerprint density at radius 3 is 2.58 bits per heavy atom. The number of guanidine groups is 1. The normalized spacial score (nSPS) is 10.8. The van der Waals surface area contributed by atoms with Crippen molar-refractivity contribution in [3.63, 3.8) is 0 Å². The van der Waals surface area contributed by atoms with E-state index >= 15 is 0 Å². The number of rotatable bonds is 11. The van der Waals surface area contributed by atoms with Gasteiger partial charge in [0.1, 0.15) is 0 Å². The minimum atomic E-state index is -0.137. The third kappa shape index (κ3) is 11.2. The lowest BCUT2D eigenvalue weighted by atomic mass is 10.1. The minimum Gasteiger partial charge on any atom is -0.370 e. The van der Waals surface area contributed by atoms with Crippen molar-refractivity contribution in [1.29, 1.82) is 0 Å². The summed E-state index contributed by atoms with van der Waals surface area (Å²) in [6.45, 7) is 4.02. The van der Waals surface area contributed by atoms with Gasteiger partial charge in [0.05, 0.1) is 5.56 Å². The summed E-state index contributed by atoms with van der Waals surface area (Å²) in [6, 6.07) is 3.46. The minimum absolute atomic E-state index is 0. The van der Waals surface area contributed by atoms with E-state index in [0.717, 1.165) is 13.0 Å². The molecule has 0 bridgehead atoms. The molecule has 0 unspecified atom stereocenters. The molecule has 24 heavy (non-hydrogen) atoms. The Morgan fingerprint density at radius 1 is 1.17 bits per heavy atom. The fourth-order valence-corrected chi connectivity index (χ4v) is 2.11. The first-order valence-electron chi connectivity index (χ1n) is 8.46. The van der Waals surface area contributed by atoms with Crippen LogP contribution in [0.2, 0.25) is 0 Å². The van der Waals surface area contributed by atoms with Crippen LogP contribution in [0.1, 0.15) is 55.8 Å². The van der Waals surface area contributed by atoms with Crippen LogP contribution in [-0.4, -0.2) is 36.5 Å². The SMILES string of the molecule is CCCCCCCCN=C(N)NCCNC(=O)c1cccnc1.I. The van der Waals surface area contributed by atoms with Gasteiger partial charge in [0.2, 0.25) is 0 Å². The Bertz CT molecular complexity index is 467. The third-order valence-corrected chi connectivity index (χ3v) is 3.43. The predicted molar refractivity (Wildman–Crippen MR) is 110 cm³/mol. The van der Waals surface area contributed by atoms with Gasteiger partial charge >= 0.3 is 0 Å². The Hall–Kier alpha value is -1.38. The molecule has 0 aliphatic rings. The van der Waals surface area contributed by atoms with Crippen LogP contribution in [-0.2, 0) is 0 Å². The van der Waals surface area contributed by atoms with Gasteiger partial charge in [-0.25, -0.2) is 0 Å². The molecule has 1 amide bonds. The molecule has 0 spiro atoms. The quantitative estimate of drug-likeness (QED) is 0.211. The molecule has 0 saturated heterocycles. The number of carbonyl (C=O) groups is 1. The molecular weight excluding hydrogens is 417 g/mol. The maximum atomic E-state index is 11.8. The Morgan fingerprint density at radius 2 is 1.88 bits per heavy atom. The highest BCUT2D eigenvalue weighted by molar-refractivity contribution is 14.0. The van der Waals surface area contributed by atoms with Crippen molar-refractivity contribution >= 4 is 35.8 Å². The number of nitrogens with one attached hydrogen (secondary N) is 2. The van der Waals surface area contributed by atoms with Crippen LogP contribution in [0.3, 0.4) is 0 Å². The number of hydrogen-bond acceptors (Lipinski definition) is 3. The van der Waals surface area contributed by atoms with Crippen LogP contribution in [0.15, 0.2) is 29.5 Å². The van der Waals surface area contributed by atoms with Gasteiger partial charge in [0.15, 0.2) is 5.96 Å². The Labute approximate surface area is 162 Å². The maximum Gasteiger partial charge on any atom is 0.252 e. The zero-order chi connectivity index (χ0) is 16.8. The number of carbonyl (C=O) groups excluding carboxylic acids is 1. The lowest BCUT2D eigenvalue weighted by Crippen LogP contribution is -2.38. The molecule has 0 aliphatic heterocycles. The van der Waals surface area contributed by atoms with E-state index < -0.39 is 0 Å². The van der Waals surface area contributed by atoms with Crippen molar-refractivity contribution in [3.8, 4) is 0 Å². The van der Waals surface area contributed by atoms with E-state index in [2.05, 4.69) is 27.5 Å². The first-order valence-corrected chi connectivity index (χ1v) is 8.46. The van der Waals surface area contributed by atoms with Crippen LogP contribution in [0.4, 0.5) is 0 Å². The van der Waals surface area contributed by atoms with Crippen molar-refractivity contribution in [3.05, 3.63) is 30.1 Å². The molecule has 6 nitrogen and oxygen atoms in total. The van der Waals surface area contributed by atoms with E-state index in [1.807, 2.05) is 0 Å². The molecule has 1 aromatic rings. The molecule has 0 aliphatic carbocycles. The third-order valence-electron chi connectivity index (χ3n) is 3.43. The molecule has 0 fully saturated rings. The van der Waals surface area contributed by atoms with Crippen molar-refractivity contribution in [2.75, 3.05) is 19.6 Å². The molecule has 4 N–H and O–H groups in total. The molecule has 1 aromatic heterocycles. The maximum absolute atomic E-state index is 11.8. The first-order chi connectivity index (χ1) is 11.2. The number of nitrogens with zero attached hydrogens (tertiary/aromatic N) is 2. The van der Waals surface area contributed by atoms with Crippen LogP contribution in [0, 0.1) is 0 Å². The monoisotopic (exact) mass is 447 g/mol. The number of nitrogens with two attached hydrogens (primary N) is 1. The van der Waals surface area contributed by atoms with Gasteiger partial charge in [-0.3, -0.25) is 14.8 Å². The first kappa shape index (κ1) is 22.6. The summed E-state index contributed by atoms with van der Waals surface area (Å²) in [5.74, 6) is 0.302. The number of aliphatic imine (C=N–C) groups is 1. The molecular formula is C17H30IN5O. The molecule has 0 radical (unpaired) electrons. The van der Waals surface area contributed by atoms with Crippen molar-refractivity contribution in [2.24, 2.45) is 10.7 Å². The smallest absolute Gasteiger partial charge is 0.252 e. The van der Waals surface area contributed by atoms with Crippen LogP contribution >= 0.6 is 24.0 Å². The van der Waals surface area contributed by atoms with Crippen molar-refractivity contribution in [1.82, 2.24) is 15.6 Å². The lowest BCUT2D eigenvalue weighted by Gasteiger charge is -2.07. The second kappa shape index (κ2) is 15.2. The standard InChI is InChI=1S/C17H29N5O.HI/c1-2-3-4-5-6-7-11-21-17(18)22-13-12-20-16(23)15-9-8-10-19-14-15;/h8-10,14H,2-7,11-13H2,1H3,(H,20,23)(H3,18,21,22);1H. The molecule has 136 valence electrons. The van der Waals surface area contributed by atoms with Gasteiger partial charge in [0, 0.05) is 32.0 Å². The fourth-order valence-electron chi connectivity index (χ4n) is 2.11. The molecule has 0 saturated carbocycles. The van der Waals surface area contributed by atoms with E-state index in [-0.39, 0.29) is 29.9 Å². The number of amides is 1. The Kier molecular flexibility index (Phi) is 14.3. The molecule has 1 heterocycles. The van der Waals surface area contributed by atoms with E-state index in [0.29, 0.717) is 24.6 Å². The molecule has 7 heteroatoms. The van der Waals surface area contributed by atoms with Gasteiger partial charge in [0.25, 0.3) is 5.91 Å². The zero-order valence-electron chi connectivity index (χ0n) is 14.5. The van der Waals surface area contributed by atoms with E-state index in [9.17, 15) is 4.79 Å². The topological polar surface area (TPSA) is 92.4 Å². The van der Waals surface area contributed by atoms with Gasteiger partial charge in [-0.15, -0.1) is 24.0 Å². The van der Waals surface area contributed by atoms with Crippen molar-refractivity contribution in [2.45, 2.75) is 45.4 Å². The number of hydrogen-bond donors (Lipinski definition) is 3. The lowest BCUT2D eigenvalue weighted by molar-refractivity contribution is 0.0954. The fraction of sp³-hybridized carbons (Fsp3) is 0.588. The van der Waals surface area contributed by atoms with E-state index in [4.69, 9.17) is 5.73 Å². The van der Waals surface area contributed by atoms with Gasteiger partial charge in [-0.05, 0) is 18.6 Å². The number of pyridine rings is 1. The second-order valence-corrected chi connectivity index (χ2v) is 5.46. The molecule has 0 atom stereocenters. The van der Waals surface area contributed by atoms with Gasteiger partial charge < -0.3 is 16.4 Å². The number of aromatic nitrogens is 1. The summed E-state index contributed by atoms with van der Waals surface area (Å²) in [5, 5.41) is 5.80. The molecule has 1 rings (SSSR count). The summed E-state index contributed by atoms with van der Waals surface area (Å²) >= 11 is 0. The highest BCUT2D eigenvalue weighted by Crippen LogP contribution is 2.04. The number of halogens is 1. The Balaban J connectivity index is 0.00000529. The summed E-state index contributed by atoms with van der Waals surface area (Å²) in [5.41, 5.74) is 6.33. The number of unbranched alkanes of at least 4 members (excludes halogenated alkanes) is 5. The van der Waals surface area contributed by atoms with Crippen LogP contribution in [0.25, 0.3) is 0 Å². The largest absolute Gasteiger partial charge is 0.370 e. The zero-order valence-corrected chi connectivity index (χ0v) is 16.8. The average molecular weight is 447 g/mol. The van der Waals surface area contributed by atoms with E-state index in [1.54, 1.807) is 24.5 Å². The summed E-state index contributed by atoms with van der Waals surface area (Å²) in [4.78, 5) is 20.0. The van der Waals surface area contributed by atoms with Gasteiger partial charge in [-0.1, -0.05) is 39.0 Å². The summed E-state index contributed by atoms with van der Waals surface area (Å²) in [7, 11) is 0. The predicted octanol–water partition coefficient (Wildman–Crippen LogP) is 2.69. The van der Waals surface area contributed by atoms with Crippen molar-refractivity contribution < 1.29 is 4.79 Å². The van der Waals surface area contributed by atoms with E-state index in [1.165, 1.54) is 32.1 Å². The average Bonchev–Trinajstić information content (AvgIpc) is 2.58. The summed E-state index contributed by atoms with van der Waals surface area (Å²) in [6.07, 6.45) is 10.6. The highest BCUT2D eigenvalue weighted by atomic mass is 127. The molecule has 0 aromatic carbocycles.